The molecule has 0 spiro atoms. The summed E-state index contributed by atoms with van der Waals surface area (Å²) >= 11 is 0. The van der Waals surface area contributed by atoms with Gasteiger partial charge in [-0.05, 0) is 6.92 Å². The largest absolute Gasteiger partial charge is 0.491 e. The fraction of sp³-hybridized carbons (Fsp3) is 0.400. The summed E-state index contributed by atoms with van der Waals surface area (Å²) in [6.45, 7) is 1.82. The molecule has 0 bridgehead atoms. The van der Waals surface area contributed by atoms with E-state index in [1.165, 1.54) is 20.4 Å². The zero-order chi connectivity index (χ0) is 15.0. The van der Waals surface area contributed by atoms with E-state index in [1.54, 1.807) is 6.92 Å². The van der Waals surface area contributed by atoms with Gasteiger partial charge in [-0.15, -0.1) is 0 Å². The summed E-state index contributed by atoms with van der Waals surface area (Å²) in [5.41, 5.74) is 0. The SMILES string of the molecule is CCOC(=O)N/C(=N\O)Nc1nc(OC)ncc1OC. The number of hydrogen-bond acceptors (Lipinski definition) is 8. The molecule has 3 N–H and O–H groups in total. The summed E-state index contributed by atoms with van der Waals surface area (Å²) in [6.07, 6.45) is 0.570. The van der Waals surface area contributed by atoms with E-state index in [0.717, 1.165) is 0 Å². The number of oxime groups is 1. The van der Waals surface area contributed by atoms with Crippen molar-refractivity contribution < 1.29 is 24.2 Å². The molecule has 1 rings (SSSR count). The number of hydrogen-bond donors (Lipinski definition) is 3. The van der Waals surface area contributed by atoms with Crippen LogP contribution in [0.2, 0.25) is 0 Å². The van der Waals surface area contributed by atoms with Crippen LogP contribution >= 0.6 is 0 Å². The highest BCUT2D eigenvalue weighted by Crippen LogP contribution is 2.22. The highest BCUT2D eigenvalue weighted by molar-refractivity contribution is 6.02. The van der Waals surface area contributed by atoms with Gasteiger partial charge in [0.2, 0.25) is 5.96 Å². The molecule has 1 aromatic heterocycles. The molecule has 0 saturated heterocycles. The Morgan fingerprint density at radius 1 is 1.45 bits per heavy atom. The molecule has 1 aromatic rings. The number of alkyl carbamates (subject to hydrolysis) is 1. The smallest absolute Gasteiger partial charge is 0.414 e. The molecule has 0 aliphatic heterocycles. The first-order valence-corrected chi connectivity index (χ1v) is 5.52. The maximum absolute atomic E-state index is 11.2. The fourth-order valence-corrected chi connectivity index (χ4v) is 1.15. The van der Waals surface area contributed by atoms with Crippen LogP contribution in [0.5, 0.6) is 11.8 Å². The summed E-state index contributed by atoms with van der Waals surface area (Å²) in [4.78, 5) is 19.0. The van der Waals surface area contributed by atoms with Crippen LogP contribution in [0.4, 0.5) is 10.6 Å². The molecule has 0 radical (unpaired) electrons. The molecule has 1 amide bonds. The molecular formula is C10H15N5O5. The number of nitrogens with one attached hydrogen (secondary N) is 2. The zero-order valence-corrected chi connectivity index (χ0v) is 11.2. The van der Waals surface area contributed by atoms with Crippen molar-refractivity contribution in [2.24, 2.45) is 5.16 Å². The van der Waals surface area contributed by atoms with Crippen molar-refractivity contribution in [3.8, 4) is 11.8 Å². The Morgan fingerprint density at radius 3 is 2.75 bits per heavy atom. The van der Waals surface area contributed by atoms with Gasteiger partial charge in [-0.3, -0.25) is 5.32 Å². The van der Waals surface area contributed by atoms with Gasteiger partial charge in [0.05, 0.1) is 27.0 Å². The van der Waals surface area contributed by atoms with Gasteiger partial charge >= 0.3 is 12.1 Å². The van der Waals surface area contributed by atoms with E-state index in [2.05, 4.69) is 30.5 Å². The molecule has 0 aliphatic rings. The highest BCUT2D eigenvalue weighted by atomic mass is 16.5. The lowest BCUT2D eigenvalue weighted by molar-refractivity contribution is 0.157. The number of amides is 1. The van der Waals surface area contributed by atoms with E-state index in [-0.39, 0.29) is 30.1 Å². The summed E-state index contributed by atoms with van der Waals surface area (Å²) in [7, 11) is 2.80. The molecule has 0 fully saturated rings. The first-order chi connectivity index (χ1) is 9.64. The van der Waals surface area contributed by atoms with Crippen LogP contribution in [0.15, 0.2) is 11.4 Å². The monoisotopic (exact) mass is 285 g/mol. The van der Waals surface area contributed by atoms with Crippen molar-refractivity contribution in [1.29, 1.82) is 0 Å². The number of methoxy groups -OCH3 is 2. The Hall–Kier alpha value is -2.78. The Balaban J connectivity index is 2.86. The van der Waals surface area contributed by atoms with Gasteiger partial charge in [0.1, 0.15) is 0 Å². The van der Waals surface area contributed by atoms with E-state index >= 15 is 0 Å². The minimum Gasteiger partial charge on any atom is -0.491 e. The first-order valence-electron chi connectivity index (χ1n) is 5.52. The predicted molar refractivity (Wildman–Crippen MR) is 68.1 cm³/mol. The molecule has 1 heterocycles. The maximum atomic E-state index is 11.2. The standard InChI is InChI=1S/C10H15N5O5/c1-4-20-10(16)14-8(15-17)12-7-6(18-2)5-11-9(13-7)19-3/h5,17H,4H2,1-3H3,(H2,11,12,13,14,15,16). The van der Waals surface area contributed by atoms with Crippen molar-refractivity contribution in [3.05, 3.63) is 6.20 Å². The first kappa shape index (κ1) is 15.3. The van der Waals surface area contributed by atoms with Gasteiger partial charge in [-0.1, -0.05) is 5.16 Å². The van der Waals surface area contributed by atoms with Crippen molar-refractivity contribution in [2.75, 3.05) is 26.1 Å². The number of nitrogens with zero attached hydrogens (tertiary/aromatic N) is 3. The number of guanidine groups is 1. The third kappa shape index (κ3) is 4.15. The van der Waals surface area contributed by atoms with Crippen LogP contribution in [0.25, 0.3) is 0 Å². The van der Waals surface area contributed by atoms with Crippen LogP contribution in [-0.2, 0) is 4.74 Å². The third-order valence-corrected chi connectivity index (χ3v) is 1.97. The van der Waals surface area contributed by atoms with Crippen molar-refractivity contribution in [2.45, 2.75) is 6.92 Å². The molecule has 0 aliphatic carbocycles. The number of aromatic nitrogens is 2. The second-order valence-electron chi connectivity index (χ2n) is 3.19. The Morgan fingerprint density at radius 2 is 2.20 bits per heavy atom. The number of carbonyl (C=O) groups excluding carboxylic acids is 1. The van der Waals surface area contributed by atoms with Gasteiger partial charge in [0, 0.05) is 0 Å². The van der Waals surface area contributed by atoms with Gasteiger partial charge in [0.15, 0.2) is 11.6 Å². The molecule has 0 saturated carbocycles. The average molecular weight is 285 g/mol. The molecule has 110 valence electrons. The second-order valence-corrected chi connectivity index (χ2v) is 3.19. The van der Waals surface area contributed by atoms with Crippen molar-refractivity contribution >= 4 is 17.9 Å². The third-order valence-electron chi connectivity index (χ3n) is 1.97. The Bertz CT molecular complexity index is 493. The lowest BCUT2D eigenvalue weighted by Crippen LogP contribution is -2.36. The predicted octanol–water partition coefficient (Wildman–Crippen LogP) is 0.397. The number of carbonyl (C=O) groups is 1. The minimum atomic E-state index is -0.784. The van der Waals surface area contributed by atoms with E-state index in [0.29, 0.717) is 0 Å². The highest BCUT2D eigenvalue weighted by Gasteiger charge is 2.13. The quantitative estimate of drug-likeness (QED) is 0.314. The molecule has 10 heteroatoms. The summed E-state index contributed by atoms with van der Waals surface area (Å²) in [5.74, 6) is 0.115. The average Bonchev–Trinajstić information content (AvgIpc) is 2.46. The van der Waals surface area contributed by atoms with Crippen molar-refractivity contribution in [3.63, 3.8) is 0 Å². The van der Waals surface area contributed by atoms with Crippen LogP contribution in [0.1, 0.15) is 6.92 Å². The van der Waals surface area contributed by atoms with E-state index in [1.807, 2.05) is 0 Å². The van der Waals surface area contributed by atoms with Crippen LogP contribution in [0, 0.1) is 0 Å². The summed E-state index contributed by atoms with van der Waals surface area (Å²) in [6, 6.07) is 0.0710. The lowest BCUT2D eigenvalue weighted by Gasteiger charge is -2.11. The second kappa shape index (κ2) is 7.61. The van der Waals surface area contributed by atoms with Gasteiger partial charge in [0.25, 0.3) is 0 Å². The van der Waals surface area contributed by atoms with Gasteiger partial charge in [-0.25, -0.2) is 4.79 Å². The van der Waals surface area contributed by atoms with E-state index in [9.17, 15) is 4.79 Å². The maximum Gasteiger partial charge on any atom is 0.414 e. The van der Waals surface area contributed by atoms with E-state index in [4.69, 9.17) is 14.7 Å². The van der Waals surface area contributed by atoms with Crippen molar-refractivity contribution in [1.82, 2.24) is 15.3 Å². The summed E-state index contributed by atoms with van der Waals surface area (Å²) < 4.78 is 14.5. The number of rotatable bonds is 4. The molecule has 0 unspecified atom stereocenters. The lowest BCUT2D eigenvalue weighted by atomic mass is 10.5. The number of anilines is 1. The Kier molecular flexibility index (Phi) is 5.81. The number of ether oxygens (including phenoxy) is 3. The zero-order valence-electron chi connectivity index (χ0n) is 11.2. The molecule has 0 atom stereocenters. The van der Waals surface area contributed by atoms with Gasteiger partial charge < -0.3 is 24.7 Å². The molecule has 0 aromatic carbocycles. The van der Waals surface area contributed by atoms with Gasteiger partial charge in [-0.2, -0.15) is 9.97 Å². The van der Waals surface area contributed by atoms with E-state index < -0.39 is 6.09 Å². The summed E-state index contributed by atoms with van der Waals surface area (Å²) in [5, 5.41) is 16.4. The Labute approximate surface area is 114 Å². The van der Waals surface area contributed by atoms with Crippen LogP contribution in [0.3, 0.4) is 0 Å². The molecule has 20 heavy (non-hydrogen) atoms. The van der Waals surface area contributed by atoms with Crippen LogP contribution < -0.4 is 20.1 Å². The van der Waals surface area contributed by atoms with Crippen LogP contribution in [-0.4, -0.2) is 48.1 Å². The topological polar surface area (TPSA) is 127 Å². The fourth-order valence-electron chi connectivity index (χ4n) is 1.15. The normalized spacial score (nSPS) is 10.7. The molecular weight excluding hydrogens is 270 g/mol. The molecule has 10 nitrogen and oxygen atoms in total. The minimum absolute atomic E-state index is 0.0710.